The molecule has 0 aliphatic carbocycles. The summed E-state index contributed by atoms with van der Waals surface area (Å²) in [6, 6.07) is 5.68. The minimum absolute atomic E-state index is 0.270. The number of aromatic nitrogens is 3. The van der Waals surface area contributed by atoms with Gasteiger partial charge in [0, 0.05) is 16.7 Å². The predicted octanol–water partition coefficient (Wildman–Crippen LogP) is 1.56. The van der Waals surface area contributed by atoms with E-state index in [-0.39, 0.29) is 11.6 Å². The topological polar surface area (TPSA) is 85.8 Å². The molecule has 0 aliphatic heterocycles. The minimum Gasteiger partial charge on any atom is -0.329 e. The second-order valence-corrected chi connectivity index (χ2v) is 5.04. The number of rotatable bonds is 4. The van der Waals surface area contributed by atoms with Crippen LogP contribution < -0.4 is 11.1 Å². The normalized spacial score (nSPS) is 10.5. The first-order valence-corrected chi connectivity index (χ1v) is 6.56. The highest BCUT2D eigenvalue weighted by Crippen LogP contribution is 2.19. The van der Waals surface area contributed by atoms with E-state index in [9.17, 15) is 4.79 Å². The van der Waals surface area contributed by atoms with Gasteiger partial charge in [-0.2, -0.15) is 0 Å². The summed E-state index contributed by atoms with van der Waals surface area (Å²) in [6.07, 6.45) is 1.58. The molecule has 7 heteroatoms. The Hall–Kier alpha value is -1.73. The van der Waals surface area contributed by atoms with Gasteiger partial charge in [-0.1, -0.05) is 21.1 Å². The van der Waals surface area contributed by atoms with Crippen LogP contribution in [-0.2, 0) is 6.54 Å². The Bertz CT molecular complexity index is 575. The van der Waals surface area contributed by atoms with E-state index in [1.165, 1.54) is 0 Å². The smallest absolute Gasteiger partial charge is 0.277 e. The Kier molecular flexibility index (Phi) is 4.28. The Morgan fingerprint density at radius 2 is 2.26 bits per heavy atom. The van der Waals surface area contributed by atoms with Crippen LogP contribution in [0, 0.1) is 6.92 Å². The summed E-state index contributed by atoms with van der Waals surface area (Å²) in [5.74, 6) is -0.291. The van der Waals surface area contributed by atoms with Gasteiger partial charge in [0.25, 0.3) is 5.91 Å². The fraction of sp³-hybridized carbons (Fsp3) is 0.250. The molecule has 0 spiro atoms. The molecule has 2 aromatic rings. The standard InChI is InChI=1S/C12H14BrN5O/c1-8-4-9(13)6-10(5-8)15-12(19)11-7-18(3-2-14)17-16-11/h4-7H,2-3,14H2,1H3,(H,15,19). The van der Waals surface area contributed by atoms with Crippen LogP contribution in [0.2, 0.25) is 0 Å². The van der Waals surface area contributed by atoms with Crippen molar-refractivity contribution < 1.29 is 4.79 Å². The van der Waals surface area contributed by atoms with Gasteiger partial charge in [-0.05, 0) is 30.7 Å². The lowest BCUT2D eigenvalue weighted by Crippen LogP contribution is -2.13. The number of carbonyl (C=O) groups excluding carboxylic acids is 1. The van der Waals surface area contributed by atoms with Crippen molar-refractivity contribution in [3.8, 4) is 0 Å². The van der Waals surface area contributed by atoms with Gasteiger partial charge in [-0.3, -0.25) is 9.48 Å². The minimum atomic E-state index is -0.291. The number of nitrogens with zero attached hydrogens (tertiary/aromatic N) is 3. The molecule has 6 nitrogen and oxygen atoms in total. The molecular weight excluding hydrogens is 310 g/mol. The van der Waals surface area contributed by atoms with Gasteiger partial charge in [0.2, 0.25) is 0 Å². The number of aryl methyl sites for hydroxylation is 1. The summed E-state index contributed by atoms with van der Waals surface area (Å²) in [5.41, 5.74) is 7.44. The van der Waals surface area contributed by atoms with Crippen molar-refractivity contribution in [2.24, 2.45) is 5.73 Å². The van der Waals surface area contributed by atoms with Gasteiger partial charge in [0.05, 0.1) is 12.7 Å². The molecule has 3 N–H and O–H groups in total. The number of hydrogen-bond acceptors (Lipinski definition) is 4. The highest BCUT2D eigenvalue weighted by atomic mass is 79.9. The second kappa shape index (κ2) is 5.94. The van der Waals surface area contributed by atoms with E-state index in [2.05, 4.69) is 31.6 Å². The van der Waals surface area contributed by atoms with E-state index >= 15 is 0 Å². The van der Waals surface area contributed by atoms with E-state index in [0.717, 1.165) is 10.0 Å². The number of nitrogens with one attached hydrogen (secondary N) is 1. The van der Waals surface area contributed by atoms with E-state index in [1.54, 1.807) is 10.9 Å². The Morgan fingerprint density at radius 3 is 2.95 bits per heavy atom. The highest BCUT2D eigenvalue weighted by molar-refractivity contribution is 9.10. The molecule has 19 heavy (non-hydrogen) atoms. The summed E-state index contributed by atoms with van der Waals surface area (Å²) >= 11 is 3.39. The van der Waals surface area contributed by atoms with Gasteiger partial charge >= 0.3 is 0 Å². The number of amides is 1. The van der Waals surface area contributed by atoms with E-state index in [4.69, 9.17) is 5.73 Å². The van der Waals surface area contributed by atoms with Crippen LogP contribution >= 0.6 is 15.9 Å². The molecule has 1 amide bonds. The summed E-state index contributed by atoms with van der Waals surface area (Å²) in [6.45, 7) is 2.95. The van der Waals surface area contributed by atoms with Crippen molar-refractivity contribution in [2.75, 3.05) is 11.9 Å². The maximum Gasteiger partial charge on any atom is 0.277 e. The molecule has 1 aromatic carbocycles. The van der Waals surface area contributed by atoms with E-state index < -0.39 is 0 Å². The fourth-order valence-electron chi connectivity index (χ4n) is 1.65. The van der Waals surface area contributed by atoms with Crippen LogP contribution in [0.5, 0.6) is 0 Å². The Balaban J connectivity index is 2.11. The lowest BCUT2D eigenvalue weighted by molar-refractivity contribution is 0.102. The summed E-state index contributed by atoms with van der Waals surface area (Å²) in [5, 5.41) is 10.4. The SMILES string of the molecule is Cc1cc(Br)cc(NC(=O)c2cn(CCN)nn2)c1. The zero-order valence-electron chi connectivity index (χ0n) is 10.4. The lowest BCUT2D eigenvalue weighted by Gasteiger charge is -2.05. The third-order valence-corrected chi connectivity index (χ3v) is 2.89. The molecule has 0 aliphatic rings. The average Bonchev–Trinajstić information content (AvgIpc) is 2.76. The lowest BCUT2D eigenvalue weighted by atomic mass is 10.2. The Labute approximate surface area is 119 Å². The summed E-state index contributed by atoms with van der Waals surface area (Å²) in [4.78, 5) is 12.0. The van der Waals surface area contributed by atoms with Crippen molar-refractivity contribution in [1.82, 2.24) is 15.0 Å². The third kappa shape index (κ3) is 3.62. The van der Waals surface area contributed by atoms with Crippen LogP contribution in [0.4, 0.5) is 5.69 Å². The first kappa shape index (κ1) is 13.7. The van der Waals surface area contributed by atoms with Crippen LogP contribution in [0.1, 0.15) is 16.1 Å². The first-order chi connectivity index (χ1) is 9.08. The summed E-state index contributed by atoms with van der Waals surface area (Å²) < 4.78 is 2.45. The van der Waals surface area contributed by atoms with Gasteiger partial charge in [-0.15, -0.1) is 5.10 Å². The zero-order chi connectivity index (χ0) is 13.8. The first-order valence-electron chi connectivity index (χ1n) is 5.77. The second-order valence-electron chi connectivity index (χ2n) is 4.13. The summed E-state index contributed by atoms with van der Waals surface area (Å²) in [7, 11) is 0. The van der Waals surface area contributed by atoms with Crippen molar-refractivity contribution >= 4 is 27.5 Å². The monoisotopic (exact) mass is 323 g/mol. The van der Waals surface area contributed by atoms with Gasteiger partial charge in [0.1, 0.15) is 0 Å². The maximum absolute atomic E-state index is 12.0. The van der Waals surface area contributed by atoms with Gasteiger partial charge in [0.15, 0.2) is 5.69 Å². The van der Waals surface area contributed by atoms with Gasteiger partial charge < -0.3 is 11.1 Å². The number of benzene rings is 1. The van der Waals surface area contributed by atoms with Crippen molar-refractivity contribution in [3.63, 3.8) is 0 Å². The molecule has 100 valence electrons. The number of anilines is 1. The molecule has 0 saturated carbocycles. The van der Waals surface area contributed by atoms with Crippen LogP contribution in [0.15, 0.2) is 28.9 Å². The number of halogens is 1. The molecule has 0 bridgehead atoms. The van der Waals surface area contributed by atoms with Crippen LogP contribution in [0.3, 0.4) is 0 Å². The molecule has 1 aromatic heterocycles. The van der Waals surface area contributed by atoms with Crippen molar-refractivity contribution in [2.45, 2.75) is 13.5 Å². The number of nitrogens with two attached hydrogens (primary N) is 1. The van der Waals surface area contributed by atoms with E-state index in [1.807, 2.05) is 25.1 Å². The van der Waals surface area contributed by atoms with Gasteiger partial charge in [-0.25, -0.2) is 0 Å². The number of carbonyl (C=O) groups is 1. The molecule has 1 heterocycles. The quantitative estimate of drug-likeness (QED) is 0.894. The average molecular weight is 324 g/mol. The molecule has 0 atom stereocenters. The fourth-order valence-corrected chi connectivity index (χ4v) is 2.26. The van der Waals surface area contributed by atoms with Crippen molar-refractivity contribution in [1.29, 1.82) is 0 Å². The molecule has 2 rings (SSSR count). The maximum atomic E-state index is 12.0. The van der Waals surface area contributed by atoms with E-state index in [0.29, 0.717) is 18.8 Å². The predicted molar refractivity (Wildman–Crippen MR) is 75.9 cm³/mol. The molecule has 0 fully saturated rings. The Morgan fingerprint density at radius 1 is 1.47 bits per heavy atom. The number of hydrogen-bond donors (Lipinski definition) is 2. The largest absolute Gasteiger partial charge is 0.329 e. The van der Waals surface area contributed by atoms with Crippen molar-refractivity contribution in [3.05, 3.63) is 40.1 Å². The molecule has 0 saturated heterocycles. The molecular formula is C12H14BrN5O. The third-order valence-electron chi connectivity index (χ3n) is 2.43. The molecule has 0 radical (unpaired) electrons. The van der Waals surface area contributed by atoms with Crippen LogP contribution in [0.25, 0.3) is 0 Å². The zero-order valence-corrected chi connectivity index (χ0v) is 12.0. The highest BCUT2D eigenvalue weighted by Gasteiger charge is 2.11. The van der Waals surface area contributed by atoms with Crippen LogP contribution in [-0.4, -0.2) is 27.4 Å². The molecule has 0 unspecified atom stereocenters.